The lowest BCUT2D eigenvalue weighted by Gasteiger charge is -2.21. The van der Waals surface area contributed by atoms with Gasteiger partial charge in [-0.3, -0.25) is 4.79 Å². The van der Waals surface area contributed by atoms with Gasteiger partial charge in [0.25, 0.3) is 0 Å². The Bertz CT molecular complexity index is 499. The lowest BCUT2D eigenvalue weighted by Crippen LogP contribution is -2.37. The number of aromatic carboxylic acids is 1. The summed E-state index contributed by atoms with van der Waals surface area (Å²) < 4.78 is 0. The molecule has 0 aromatic heterocycles. The molecule has 0 radical (unpaired) electrons. The van der Waals surface area contributed by atoms with Crippen LogP contribution < -0.4 is 10.6 Å². The van der Waals surface area contributed by atoms with Gasteiger partial charge in [-0.05, 0) is 37.6 Å². The highest BCUT2D eigenvalue weighted by Crippen LogP contribution is 2.22. The summed E-state index contributed by atoms with van der Waals surface area (Å²) >= 11 is 5.85. The van der Waals surface area contributed by atoms with Crippen molar-refractivity contribution in [3.8, 4) is 0 Å². The first kappa shape index (κ1) is 13.8. The van der Waals surface area contributed by atoms with E-state index < -0.39 is 5.97 Å². The van der Waals surface area contributed by atoms with Crippen LogP contribution >= 0.6 is 11.6 Å². The van der Waals surface area contributed by atoms with Crippen LogP contribution in [0.15, 0.2) is 18.2 Å². The van der Waals surface area contributed by atoms with Crippen LogP contribution in [0.1, 0.15) is 23.2 Å². The molecule has 0 unspecified atom stereocenters. The van der Waals surface area contributed by atoms with Crippen LogP contribution in [0.4, 0.5) is 5.69 Å². The Morgan fingerprint density at radius 2 is 2.21 bits per heavy atom. The van der Waals surface area contributed by atoms with Crippen molar-refractivity contribution in [2.75, 3.05) is 18.4 Å². The molecular weight excluding hydrogens is 268 g/mol. The second-order valence-corrected chi connectivity index (χ2v) is 4.94. The van der Waals surface area contributed by atoms with Crippen molar-refractivity contribution in [3.63, 3.8) is 0 Å². The number of carbonyl (C=O) groups is 2. The third-order valence-corrected chi connectivity index (χ3v) is 3.45. The lowest BCUT2D eigenvalue weighted by atomic mass is 9.99. The molecule has 3 N–H and O–H groups in total. The number of carboxylic acids is 1. The molecule has 1 saturated heterocycles. The SMILES string of the molecule is O=C(O)c1ccc(NC(=O)[C@H]2CCCNC2)cc1Cl. The number of rotatable bonds is 3. The van der Waals surface area contributed by atoms with Crippen molar-refractivity contribution in [2.45, 2.75) is 12.8 Å². The van der Waals surface area contributed by atoms with Gasteiger partial charge < -0.3 is 15.7 Å². The Labute approximate surface area is 116 Å². The first-order valence-corrected chi connectivity index (χ1v) is 6.50. The topological polar surface area (TPSA) is 78.4 Å². The molecule has 0 saturated carbocycles. The molecule has 6 heteroatoms. The number of hydrogen-bond donors (Lipinski definition) is 3. The maximum absolute atomic E-state index is 12.0. The monoisotopic (exact) mass is 282 g/mol. The molecule has 102 valence electrons. The van der Waals surface area contributed by atoms with Crippen LogP contribution in [-0.4, -0.2) is 30.1 Å². The molecule has 0 bridgehead atoms. The highest BCUT2D eigenvalue weighted by atomic mass is 35.5. The number of piperidine rings is 1. The van der Waals surface area contributed by atoms with E-state index in [0.717, 1.165) is 19.4 Å². The van der Waals surface area contributed by atoms with E-state index >= 15 is 0 Å². The molecule has 1 aromatic rings. The van der Waals surface area contributed by atoms with Gasteiger partial charge in [0.15, 0.2) is 0 Å². The summed E-state index contributed by atoms with van der Waals surface area (Å²) in [4.78, 5) is 22.8. The summed E-state index contributed by atoms with van der Waals surface area (Å²) in [6.45, 7) is 1.62. The zero-order chi connectivity index (χ0) is 13.8. The van der Waals surface area contributed by atoms with Gasteiger partial charge in [0.05, 0.1) is 16.5 Å². The number of nitrogens with one attached hydrogen (secondary N) is 2. The summed E-state index contributed by atoms with van der Waals surface area (Å²) in [7, 11) is 0. The standard InChI is InChI=1S/C13H15ClN2O3/c14-11-6-9(3-4-10(11)13(18)19)16-12(17)8-2-1-5-15-7-8/h3-4,6,8,15H,1-2,5,7H2,(H,16,17)(H,18,19)/t8-/m0/s1. The molecular formula is C13H15ClN2O3. The summed E-state index contributed by atoms with van der Waals surface area (Å²) in [5.41, 5.74) is 0.546. The summed E-state index contributed by atoms with van der Waals surface area (Å²) in [5, 5.41) is 14.9. The molecule has 1 heterocycles. The first-order valence-electron chi connectivity index (χ1n) is 6.12. The van der Waals surface area contributed by atoms with Gasteiger partial charge in [0.1, 0.15) is 0 Å². The molecule has 1 fully saturated rings. The van der Waals surface area contributed by atoms with Crippen molar-refractivity contribution in [1.29, 1.82) is 0 Å². The summed E-state index contributed by atoms with van der Waals surface area (Å²) in [6, 6.07) is 4.39. The Kier molecular flexibility index (Phi) is 4.39. The zero-order valence-electron chi connectivity index (χ0n) is 10.3. The molecule has 1 aliphatic heterocycles. The normalized spacial score (nSPS) is 18.9. The fraction of sp³-hybridized carbons (Fsp3) is 0.385. The summed E-state index contributed by atoms with van der Waals surface area (Å²) in [6.07, 6.45) is 1.84. The number of hydrogen-bond acceptors (Lipinski definition) is 3. The van der Waals surface area contributed by atoms with Crippen molar-refractivity contribution < 1.29 is 14.7 Å². The molecule has 0 aliphatic carbocycles. The van der Waals surface area contributed by atoms with E-state index in [0.29, 0.717) is 12.2 Å². The largest absolute Gasteiger partial charge is 0.478 e. The smallest absolute Gasteiger partial charge is 0.337 e. The molecule has 1 amide bonds. The molecule has 1 atom stereocenters. The number of anilines is 1. The quantitative estimate of drug-likeness (QED) is 0.792. The third kappa shape index (κ3) is 3.45. The van der Waals surface area contributed by atoms with Crippen molar-refractivity contribution >= 4 is 29.2 Å². The van der Waals surface area contributed by atoms with Gasteiger partial charge >= 0.3 is 5.97 Å². The van der Waals surface area contributed by atoms with E-state index in [-0.39, 0.29) is 22.4 Å². The van der Waals surface area contributed by atoms with Crippen LogP contribution in [0.3, 0.4) is 0 Å². The van der Waals surface area contributed by atoms with Crippen LogP contribution in [0, 0.1) is 5.92 Å². The van der Waals surface area contributed by atoms with E-state index in [1.807, 2.05) is 0 Å². The Balaban J connectivity index is 2.04. The average Bonchev–Trinajstić information content (AvgIpc) is 2.39. The number of carbonyl (C=O) groups excluding carboxylic acids is 1. The minimum absolute atomic E-state index is 0.0269. The van der Waals surface area contributed by atoms with Crippen LogP contribution in [0.2, 0.25) is 5.02 Å². The minimum Gasteiger partial charge on any atom is -0.478 e. The average molecular weight is 283 g/mol. The maximum Gasteiger partial charge on any atom is 0.337 e. The van der Waals surface area contributed by atoms with Crippen LogP contribution in [0.5, 0.6) is 0 Å². The lowest BCUT2D eigenvalue weighted by molar-refractivity contribution is -0.120. The fourth-order valence-electron chi connectivity index (χ4n) is 2.09. The number of amides is 1. The Morgan fingerprint density at radius 1 is 1.42 bits per heavy atom. The third-order valence-electron chi connectivity index (χ3n) is 3.13. The van der Waals surface area contributed by atoms with E-state index in [2.05, 4.69) is 10.6 Å². The van der Waals surface area contributed by atoms with Crippen molar-refractivity contribution in [3.05, 3.63) is 28.8 Å². The fourth-order valence-corrected chi connectivity index (χ4v) is 2.35. The summed E-state index contributed by atoms with van der Waals surface area (Å²) in [5.74, 6) is -1.20. The molecule has 2 rings (SSSR count). The maximum atomic E-state index is 12.0. The van der Waals surface area contributed by atoms with Gasteiger partial charge in [0, 0.05) is 12.2 Å². The van der Waals surface area contributed by atoms with Gasteiger partial charge in [-0.25, -0.2) is 4.79 Å². The Morgan fingerprint density at radius 3 is 2.79 bits per heavy atom. The number of carboxylic acid groups (broad SMARTS) is 1. The van der Waals surface area contributed by atoms with Crippen molar-refractivity contribution in [2.24, 2.45) is 5.92 Å². The van der Waals surface area contributed by atoms with Gasteiger partial charge in [-0.1, -0.05) is 11.6 Å². The van der Waals surface area contributed by atoms with Gasteiger partial charge in [-0.2, -0.15) is 0 Å². The number of halogens is 1. The van der Waals surface area contributed by atoms with E-state index in [9.17, 15) is 9.59 Å². The molecule has 19 heavy (non-hydrogen) atoms. The highest BCUT2D eigenvalue weighted by Gasteiger charge is 2.21. The van der Waals surface area contributed by atoms with Crippen LogP contribution in [-0.2, 0) is 4.79 Å². The van der Waals surface area contributed by atoms with E-state index in [1.165, 1.54) is 12.1 Å². The van der Waals surface area contributed by atoms with E-state index in [1.54, 1.807) is 6.07 Å². The van der Waals surface area contributed by atoms with E-state index in [4.69, 9.17) is 16.7 Å². The Hall–Kier alpha value is -1.59. The number of benzene rings is 1. The van der Waals surface area contributed by atoms with Crippen LogP contribution in [0.25, 0.3) is 0 Å². The first-order chi connectivity index (χ1) is 9.08. The van der Waals surface area contributed by atoms with Gasteiger partial charge in [0.2, 0.25) is 5.91 Å². The molecule has 1 aromatic carbocycles. The predicted octanol–water partition coefficient (Wildman–Crippen LogP) is 1.98. The highest BCUT2D eigenvalue weighted by molar-refractivity contribution is 6.33. The predicted molar refractivity (Wildman–Crippen MR) is 72.6 cm³/mol. The second-order valence-electron chi connectivity index (χ2n) is 4.53. The van der Waals surface area contributed by atoms with Gasteiger partial charge in [-0.15, -0.1) is 0 Å². The second kappa shape index (κ2) is 6.04. The molecule has 5 nitrogen and oxygen atoms in total. The molecule has 0 spiro atoms. The van der Waals surface area contributed by atoms with Crippen molar-refractivity contribution in [1.82, 2.24) is 5.32 Å². The zero-order valence-corrected chi connectivity index (χ0v) is 11.0. The molecule has 1 aliphatic rings. The minimum atomic E-state index is -1.08.